The predicted molar refractivity (Wildman–Crippen MR) is 119 cm³/mol. The monoisotopic (exact) mass is 460 g/mol. The molecule has 1 unspecified atom stereocenters. The maximum Gasteiger partial charge on any atom is 0.308 e. The molecule has 178 valence electrons. The molecule has 3 N–H and O–H groups in total. The fourth-order valence-corrected chi connectivity index (χ4v) is 3.00. The normalized spacial score (nSPS) is 12.8. The Morgan fingerprint density at radius 3 is 2.48 bits per heavy atom. The number of nitrogens with zero attached hydrogens (tertiary/aromatic N) is 3. The number of nitrogens with one attached hydrogen (secondary N) is 3. The van der Waals surface area contributed by atoms with Crippen molar-refractivity contribution in [2.24, 2.45) is 10.4 Å². The quantitative estimate of drug-likeness (QED) is 0.511. The van der Waals surface area contributed by atoms with Crippen LogP contribution in [0, 0.1) is 18.2 Å². The van der Waals surface area contributed by atoms with Crippen LogP contribution in [0.1, 0.15) is 55.4 Å². The predicted octanol–water partition coefficient (Wildman–Crippen LogP) is 1.53. The lowest BCUT2D eigenvalue weighted by atomic mass is 9.85. The molecule has 1 heterocycles. The van der Waals surface area contributed by atoms with E-state index in [9.17, 15) is 18.8 Å². The van der Waals surface area contributed by atoms with E-state index in [-0.39, 0.29) is 29.6 Å². The van der Waals surface area contributed by atoms with Gasteiger partial charge in [0.2, 0.25) is 11.8 Å². The van der Waals surface area contributed by atoms with Crippen LogP contribution in [0.15, 0.2) is 27.6 Å². The average molecular weight is 461 g/mol. The number of hydrogen-bond donors (Lipinski definition) is 3. The highest BCUT2D eigenvalue weighted by Crippen LogP contribution is 2.20. The summed E-state index contributed by atoms with van der Waals surface area (Å²) in [6.45, 7) is 8.93. The van der Waals surface area contributed by atoms with E-state index in [1.807, 2.05) is 0 Å². The molecule has 0 bridgehead atoms. The Labute approximate surface area is 191 Å². The summed E-state index contributed by atoms with van der Waals surface area (Å²) >= 11 is 0. The molecule has 1 aromatic heterocycles. The third kappa shape index (κ3) is 6.43. The van der Waals surface area contributed by atoms with Crippen LogP contribution in [0.3, 0.4) is 0 Å². The summed E-state index contributed by atoms with van der Waals surface area (Å²) in [7, 11) is 1.42. The molecule has 33 heavy (non-hydrogen) atoms. The molecule has 0 spiro atoms. The van der Waals surface area contributed by atoms with Gasteiger partial charge in [-0.25, -0.2) is 4.39 Å². The van der Waals surface area contributed by atoms with Crippen LogP contribution in [0.2, 0.25) is 0 Å². The molecule has 3 amide bonds. The van der Waals surface area contributed by atoms with E-state index in [1.54, 1.807) is 40.7 Å². The number of carbonyl (C=O) groups excluding carboxylic acids is 3. The van der Waals surface area contributed by atoms with E-state index in [0.29, 0.717) is 12.1 Å². The Balaban J connectivity index is 2.14. The smallest absolute Gasteiger partial charge is 0.308 e. The number of benzene rings is 1. The maximum absolute atomic E-state index is 14.0. The first kappa shape index (κ1) is 25.6. The first-order valence-electron chi connectivity index (χ1n) is 10.4. The Hall–Kier alpha value is -3.63. The second-order valence-corrected chi connectivity index (χ2v) is 8.34. The highest BCUT2D eigenvalue weighted by Gasteiger charge is 2.34. The summed E-state index contributed by atoms with van der Waals surface area (Å²) < 4.78 is 19.2. The van der Waals surface area contributed by atoms with Crippen LogP contribution >= 0.6 is 0 Å². The SMILES string of the molecule is CCNC(=O)c1nnc(CNC(=O)C(NC(=O)C(=NC)c2cccc(F)c2C)C(C)(C)C)o1. The third-order valence-electron chi connectivity index (χ3n) is 4.78. The summed E-state index contributed by atoms with van der Waals surface area (Å²) in [5.74, 6) is -2.26. The average Bonchev–Trinajstić information content (AvgIpc) is 3.22. The van der Waals surface area contributed by atoms with Crippen LogP contribution in [0.5, 0.6) is 0 Å². The lowest BCUT2D eigenvalue weighted by Gasteiger charge is -2.30. The highest BCUT2D eigenvalue weighted by atomic mass is 19.1. The molecule has 2 rings (SSSR count). The van der Waals surface area contributed by atoms with Gasteiger partial charge in [0.1, 0.15) is 17.6 Å². The van der Waals surface area contributed by atoms with E-state index in [2.05, 4.69) is 31.1 Å². The van der Waals surface area contributed by atoms with Gasteiger partial charge in [0.15, 0.2) is 0 Å². The summed E-state index contributed by atoms with van der Waals surface area (Å²) in [6.07, 6.45) is 0. The number of halogens is 1. The van der Waals surface area contributed by atoms with Crippen LogP contribution in [0.25, 0.3) is 0 Å². The Morgan fingerprint density at radius 1 is 1.18 bits per heavy atom. The van der Waals surface area contributed by atoms with Gasteiger partial charge in [-0.05, 0) is 30.9 Å². The van der Waals surface area contributed by atoms with E-state index < -0.39 is 35.0 Å². The molecule has 11 heteroatoms. The van der Waals surface area contributed by atoms with Gasteiger partial charge in [-0.15, -0.1) is 10.2 Å². The molecule has 10 nitrogen and oxygen atoms in total. The molecule has 1 aromatic carbocycles. The first-order chi connectivity index (χ1) is 15.5. The topological polar surface area (TPSA) is 139 Å². The third-order valence-corrected chi connectivity index (χ3v) is 4.78. The van der Waals surface area contributed by atoms with Gasteiger partial charge in [-0.1, -0.05) is 32.9 Å². The number of aliphatic imine (C=N–C) groups is 1. The molecule has 0 saturated carbocycles. The molecule has 2 aromatic rings. The Morgan fingerprint density at radius 2 is 1.88 bits per heavy atom. The number of amides is 3. The van der Waals surface area contributed by atoms with Gasteiger partial charge in [0, 0.05) is 19.2 Å². The minimum Gasteiger partial charge on any atom is -0.415 e. The minimum absolute atomic E-state index is 0.0116. The zero-order valence-corrected chi connectivity index (χ0v) is 19.6. The van der Waals surface area contributed by atoms with Crippen molar-refractivity contribution in [1.29, 1.82) is 0 Å². The molecule has 0 aliphatic carbocycles. The number of hydrogen-bond acceptors (Lipinski definition) is 7. The van der Waals surface area contributed by atoms with Crippen molar-refractivity contribution < 1.29 is 23.2 Å². The molecule has 0 aliphatic rings. The van der Waals surface area contributed by atoms with Crippen molar-refractivity contribution in [2.75, 3.05) is 13.6 Å². The largest absolute Gasteiger partial charge is 0.415 e. The molecule has 0 radical (unpaired) electrons. The molecular formula is C22H29FN6O4. The number of rotatable bonds is 8. The number of carbonyl (C=O) groups is 3. The van der Waals surface area contributed by atoms with Crippen LogP contribution < -0.4 is 16.0 Å². The van der Waals surface area contributed by atoms with E-state index in [0.717, 1.165) is 0 Å². The summed E-state index contributed by atoms with van der Waals surface area (Å²) in [6, 6.07) is 3.42. The molecule has 0 saturated heterocycles. The molecule has 0 aliphatic heterocycles. The lowest BCUT2D eigenvalue weighted by molar-refractivity contribution is -0.129. The molecule has 1 atom stereocenters. The summed E-state index contributed by atoms with van der Waals surface area (Å²) in [5, 5.41) is 15.2. The van der Waals surface area contributed by atoms with Crippen molar-refractivity contribution in [3.63, 3.8) is 0 Å². The summed E-state index contributed by atoms with van der Waals surface area (Å²) in [4.78, 5) is 41.7. The lowest BCUT2D eigenvalue weighted by Crippen LogP contribution is -2.55. The van der Waals surface area contributed by atoms with Crippen LogP contribution in [0.4, 0.5) is 4.39 Å². The second kappa shape index (κ2) is 10.8. The highest BCUT2D eigenvalue weighted by molar-refractivity contribution is 6.46. The maximum atomic E-state index is 14.0. The van der Waals surface area contributed by atoms with Crippen LogP contribution in [-0.2, 0) is 16.1 Å². The molecule has 0 fully saturated rings. The van der Waals surface area contributed by atoms with Gasteiger partial charge in [0.25, 0.3) is 5.91 Å². The summed E-state index contributed by atoms with van der Waals surface area (Å²) in [5.41, 5.74) is -0.0370. The van der Waals surface area contributed by atoms with Gasteiger partial charge >= 0.3 is 11.8 Å². The fourth-order valence-electron chi connectivity index (χ4n) is 3.00. The fraction of sp³-hybridized carbons (Fsp3) is 0.455. The molecular weight excluding hydrogens is 431 g/mol. The van der Waals surface area contributed by atoms with E-state index in [4.69, 9.17) is 4.42 Å². The number of aromatic nitrogens is 2. The zero-order chi connectivity index (χ0) is 24.8. The van der Waals surface area contributed by atoms with E-state index >= 15 is 0 Å². The van der Waals surface area contributed by atoms with Crippen molar-refractivity contribution in [3.05, 3.63) is 46.9 Å². The van der Waals surface area contributed by atoms with Gasteiger partial charge < -0.3 is 20.4 Å². The Bertz CT molecular complexity index is 1060. The van der Waals surface area contributed by atoms with Crippen molar-refractivity contribution in [3.8, 4) is 0 Å². The Kier molecular flexibility index (Phi) is 8.38. The van der Waals surface area contributed by atoms with Crippen molar-refractivity contribution in [1.82, 2.24) is 26.1 Å². The van der Waals surface area contributed by atoms with Gasteiger partial charge in [-0.3, -0.25) is 19.4 Å². The van der Waals surface area contributed by atoms with Gasteiger partial charge in [-0.2, -0.15) is 0 Å². The van der Waals surface area contributed by atoms with Crippen molar-refractivity contribution in [2.45, 2.75) is 47.2 Å². The standard InChI is InChI=1S/C22H29FN6O4/c1-7-25-20(32)21-29-28-15(33-21)11-26-19(31)17(22(3,4)5)27-18(30)16(24-6)13-9-8-10-14(23)12(13)2/h8-10,17H,7,11H2,1-6H3,(H,25,32)(H,26,31)(H,27,30). The van der Waals surface area contributed by atoms with Crippen molar-refractivity contribution >= 4 is 23.4 Å². The minimum atomic E-state index is -0.957. The second-order valence-electron chi connectivity index (χ2n) is 8.34. The van der Waals surface area contributed by atoms with Crippen LogP contribution in [-0.4, -0.2) is 53.3 Å². The van der Waals surface area contributed by atoms with Gasteiger partial charge in [0.05, 0.1) is 6.54 Å². The zero-order valence-electron chi connectivity index (χ0n) is 19.6. The van der Waals surface area contributed by atoms with E-state index in [1.165, 1.54) is 19.2 Å². The first-order valence-corrected chi connectivity index (χ1v) is 10.4.